The van der Waals surface area contributed by atoms with E-state index >= 15 is 0 Å². The Balaban J connectivity index is 2.42. The van der Waals surface area contributed by atoms with Crippen LogP contribution >= 0.6 is 11.8 Å². The van der Waals surface area contributed by atoms with E-state index in [0.717, 1.165) is 35.4 Å². The van der Waals surface area contributed by atoms with Crippen molar-refractivity contribution in [3.63, 3.8) is 0 Å². The highest BCUT2D eigenvalue weighted by molar-refractivity contribution is 7.99. The largest absolute Gasteiger partial charge is 0.437 e. The van der Waals surface area contributed by atoms with Gasteiger partial charge in [-0.25, -0.2) is 4.98 Å². The Morgan fingerprint density at radius 2 is 2.25 bits per heavy atom. The lowest BCUT2D eigenvalue weighted by Gasteiger charge is -1.92. The minimum Gasteiger partial charge on any atom is -0.437 e. The minimum atomic E-state index is 0.728. The second kappa shape index (κ2) is 4.52. The van der Waals surface area contributed by atoms with Crippen LogP contribution in [0.2, 0.25) is 0 Å². The molecule has 0 bridgehead atoms. The summed E-state index contributed by atoms with van der Waals surface area (Å²) in [6, 6.07) is 0. The zero-order chi connectivity index (χ0) is 8.97. The van der Waals surface area contributed by atoms with E-state index in [1.54, 1.807) is 11.8 Å². The summed E-state index contributed by atoms with van der Waals surface area (Å²) in [5, 5.41) is 0.762. The van der Waals surface area contributed by atoms with Crippen molar-refractivity contribution >= 4 is 11.8 Å². The smallest absolute Gasteiger partial charge is 0.256 e. The Kier molecular flexibility index (Phi) is 3.62. The molecule has 2 N–H and O–H groups in total. The lowest BCUT2D eigenvalue weighted by Crippen LogP contribution is -1.99. The van der Waals surface area contributed by atoms with Crippen LogP contribution in [0.4, 0.5) is 0 Å². The maximum absolute atomic E-state index is 5.37. The average Bonchev–Trinajstić information content (AvgIpc) is 2.32. The van der Waals surface area contributed by atoms with E-state index in [1.807, 2.05) is 13.8 Å². The molecule has 0 aromatic carbocycles. The number of nitrogens with two attached hydrogens (primary N) is 1. The van der Waals surface area contributed by atoms with Crippen LogP contribution < -0.4 is 5.73 Å². The predicted molar refractivity (Wildman–Crippen MR) is 50.4 cm³/mol. The molecule has 0 saturated heterocycles. The molecule has 0 aliphatic heterocycles. The van der Waals surface area contributed by atoms with Gasteiger partial charge in [-0.15, -0.1) is 0 Å². The third kappa shape index (κ3) is 2.53. The molecule has 1 rings (SSSR count). The summed E-state index contributed by atoms with van der Waals surface area (Å²) in [6.45, 7) is 4.60. The zero-order valence-corrected chi connectivity index (χ0v) is 8.28. The molecule has 12 heavy (non-hydrogen) atoms. The summed E-state index contributed by atoms with van der Waals surface area (Å²) >= 11 is 1.62. The lowest BCUT2D eigenvalue weighted by molar-refractivity contribution is 0.431. The molecule has 3 nitrogen and oxygen atoms in total. The second-order valence-electron chi connectivity index (χ2n) is 2.61. The average molecular weight is 186 g/mol. The molecular formula is C8H14N2OS. The summed E-state index contributed by atoms with van der Waals surface area (Å²) in [5.74, 6) is 1.89. The second-order valence-corrected chi connectivity index (χ2v) is 3.66. The monoisotopic (exact) mass is 186 g/mol. The van der Waals surface area contributed by atoms with Gasteiger partial charge in [0.25, 0.3) is 5.22 Å². The fraction of sp³-hybridized carbons (Fsp3) is 0.625. The van der Waals surface area contributed by atoms with Gasteiger partial charge < -0.3 is 10.2 Å². The van der Waals surface area contributed by atoms with Gasteiger partial charge in [-0.05, 0) is 26.8 Å². The van der Waals surface area contributed by atoms with Crippen LogP contribution in [0.1, 0.15) is 17.9 Å². The fourth-order valence-electron chi connectivity index (χ4n) is 0.748. The molecule has 0 aliphatic rings. The number of aryl methyl sites for hydroxylation is 2. The summed E-state index contributed by atoms with van der Waals surface area (Å²) in [6.07, 6.45) is 1.01. The third-order valence-corrected chi connectivity index (χ3v) is 2.50. The molecule has 0 spiro atoms. The van der Waals surface area contributed by atoms with E-state index in [2.05, 4.69) is 4.98 Å². The quantitative estimate of drug-likeness (QED) is 0.574. The van der Waals surface area contributed by atoms with Crippen molar-refractivity contribution < 1.29 is 4.42 Å². The number of oxazole rings is 1. The third-order valence-electron chi connectivity index (χ3n) is 1.58. The van der Waals surface area contributed by atoms with Crippen LogP contribution in [-0.4, -0.2) is 17.3 Å². The Morgan fingerprint density at radius 1 is 1.50 bits per heavy atom. The molecule has 0 unspecified atom stereocenters. The van der Waals surface area contributed by atoms with E-state index < -0.39 is 0 Å². The van der Waals surface area contributed by atoms with Crippen molar-refractivity contribution in [2.75, 3.05) is 12.3 Å². The number of aromatic nitrogens is 1. The number of hydrogen-bond acceptors (Lipinski definition) is 4. The maximum Gasteiger partial charge on any atom is 0.256 e. The van der Waals surface area contributed by atoms with Crippen LogP contribution in [0.25, 0.3) is 0 Å². The van der Waals surface area contributed by atoms with E-state index in [0.29, 0.717) is 0 Å². The topological polar surface area (TPSA) is 52.0 Å². The molecule has 1 heterocycles. The Morgan fingerprint density at radius 3 is 2.75 bits per heavy atom. The molecule has 4 heteroatoms. The number of hydrogen-bond donors (Lipinski definition) is 1. The van der Waals surface area contributed by atoms with E-state index in [9.17, 15) is 0 Å². The van der Waals surface area contributed by atoms with Gasteiger partial charge in [0.2, 0.25) is 0 Å². The molecule has 68 valence electrons. The van der Waals surface area contributed by atoms with Crippen LogP contribution in [0.3, 0.4) is 0 Å². The van der Waals surface area contributed by atoms with Crippen LogP contribution in [0.15, 0.2) is 9.64 Å². The molecule has 0 amide bonds. The fourth-order valence-corrected chi connectivity index (χ4v) is 1.62. The van der Waals surface area contributed by atoms with E-state index in [-0.39, 0.29) is 0 Å². The van der Waals surface area contributed by atoms with Crippen molar-refractivity contribution in [3.8, 4) is 0 Å². The van der Waals surface area contributed by atoms with Gasteiger partial charge in [0.1, 0.15) is 5.76 Å². The van der Waals surface area contributed by atoms with Gasteiger partial charge in [-0.1, -0.05) is 11.8 Å². The van der Waals surface area contributed by atoms with Gasteiger partial charge >= 0.3 is 0 Å². The normalized spacial score (nSPS) is 10.6. The van der Waals surface area contributed by atoms with Crippen molar-refractivity contribution in [1.29, 1.82) is 0 Å². The van der Waals surface area contributed by atoms with E-state index in [1.165, 1.54) is 0 Å². The molecule has 1 aromatic rings. The SMILES string of the molecule is Cc1nc(SCCCN)oc1C. The van der Waals surface area contributed by atoms with Gasteiger partial charge in [0, 0.05) is 5.75 Å². The van der Waals surface area contributed by atoms with Crippen LogP contribution in [-0.2, 0) is 0 Å². The van der Waals surface area contributed by atoms with Crippen LogP contribution in [0, 0.1) is 13.8 Å². The molecule has 0 aliphatic carbocycles. The van der Waals surface area contributed by atoms with Crippen molar-refractivity contribution in [1.82, 2.24) is 4.98 Å². The Bertz CT molecular complexity index is 228. The first-order valence-corrected chi connectivity index (χ1v) is 4.99. The highest BCUT2D eigenvalue weighted by atomic mass is 32.2. The summed E-state index contributed by atoms with van der Waals surface area (Å²) in [7, 11) is 0. The standard InChI is InChI=1S/C8H14N2OS/c1-6-7(2)11-8(10-6)12-5-3-4-9/h3-5,9H2,1-2H3. The highest BCUT2D eigenvalue weighted by Gasteiger charge is 2.04. The molecule has 0 saturated carbocycles. The first-order chi connectivity index (χ1) is 5.74. The number of thioether (sulfide) groups is 1. The van der Waals surface area contributed by atoms with Gasteiger partial charge in [0.05, 0.1) is 5.69 Å². The number of nitrogens with zero attached hydrogens (tertiary/aromatic N) is 1. The molecular weight excluding hydrogens is 172 g/mol. The lowest BCUT2D eigenvalue weighted by atomic mass is 10.4. The van der Waals surface area contributed by atoms with Crippen molar-refractivity contribution in [2.24, 2.45) is 5.73 Å². The molecule has 0 fully saturated rings. The van der Waals surface area contributed by atoms with E-state index in [4.69, 9.17) is 10.2 Å². The highest BCUT2D eigenvalue weighted by Crippen LogP contribution is 2.20. The molecule has 1 aromatic heterocycles. The molecule has 0 radical (unpaired) electrons. The Hall–Kier alpha value is -0.480. The van der Waals surface area contributed by atoms with Gasteiger partial charge in [-0.2, -0.15) is 0 Å². The first kappa shape index (κ1) is 9.61. The van der Waals surface area contributed by atoms with Gasteiger partial charge in [0.15, 0.2) is 0 Å². The maximum atomic E-state index is 5.37. The zero-order valence-electron chi connectivity index (χ0n) is 7.46. The summed E-state index contributed by atoms with van der Waals surface area (Å²) < 4.78 is 5.37. The first-order valence-electron chi connectivity index (χ1n) is 4.01. The summed E-state index contributed by atoms with van der Waals surface area (Å²) in [5.41, 5.74) is 6.34. The molecule has 0 atom stereocenters. The van der Waals surface area contributed by atoms with Gasteiger partial charge in [-0.3, -0.25) is 0 Å². The minimum absolute atomic E-state index is 0.728. The number of rotatable bonds is 4. The summed E-state index contributed by atoms with van der Waals surface area (Å²) in [4.78, 5) is 4.24. The van der Waals surface area contributed by atoms with Crippen molar-refractivity contribution in [3.05, 3.63) is 11.5 Å². The Labute approximate surface area is 76.7 Å². The van der Waals surface area contributed by atoms with Crippen molar-refractivity contribution in [2.45, 2.75) is 25.5 Å². The van der Waals surface area contributed by atoms with Crippen LogP contribution in [0.5, 0.6) is 0 Å². The predicted octanol–water partition coefficient (Wildman–Crippen LogP) is 1.73.